The maximum atomic E-state index is 5.91. The molecule has 1 saturated carbocycles. The summed E-state index contributed by atoms with van der Waals surface area (Å²) >= 11 is 9.28. The minimum Gasteiger partial charge on any atom is -0.308 e. The Morgan fingerprint density at radius 3 is 2.80 bits per heavy atom. The van der Waals surface area contributed by atoms with Crippen LogP contribution in [-0.4, -0.2) is 11.9 Å². The lowest BCUT2D eigenvalue weighted by Crippen LogP contribution is -2.31. The number of hydrogen-bond acceptors (Lipinski definition) is 2. The van der Waals surface area contributed by atoms with Gasteiger partial charge in [0.25, 0.3) is 0 Å². The van der Waals surface area contributed by atoms with E-state index >= 15 is 0 Å². The first-order valence-electron chi connectivity index (χ1n) is 4.70. The number of hydrogen-bond donors (Lipinski definition) is 2. The van der Waals surface area contributed by atoms with Crippen molar-refractivity contribution in [1.29, 1.82) is 0 Å². The van der Waals surface area contributed by atoms with Gasteiger partial charge in [-0.2, -0.15) is 0 Å². The quantitative estimate of drug-likeness (QED) is 0.380. The van der Waals surface area contributed by atoms with Gasteiger partial charge in [-0.05, 0) is 47.0 Å². The first-order valence-corrected chi connectivity index (χ1v) is 5.87. The van der Waals surface area contributed by atoms with Gasteiger partial charge in [0.1, 0.15) is 5.84 Å². The zero-order chi connectivity index (χ0) is 10.8. The maximum Gasteiger partial charge on any atom is 0.142 e. The van der Waals surface area contributed by atoms with E-state index in [1.165, 1.54) is 0 Å². The Kier molecular flexibility index (Phi) is 3.29. The van der Waals surface area contributed by atoms with Gasteiger partial charge >= 0.3 is 0 Å². The molecule has 0 radical (unpaired) electrons. The predicted octanol–water partition coefficient (Wildman–Crippen LogP) is 2.47. The summed E-state index contributed by atoms with van der Waals surface area (Å²) in [6, 6.07) is 6.06. The van der Waals surface area contributed by atoms with Gasteiger partial charge in [-0.3, -0.25) is 4.99 Å². The fraction of sp³-hybridized carbons (Fsp3) is 0.300. The molecule has 1 aliphatic rings. The van der Waals surface area contributed by atoms with Crippen molar-refractivity contribution in [2.24, 2.45) is 10.8 Å². The Morgan fingerprint density at radius 1 is 1.53 bits per heavy atom. The number of benzene rings is 1. The molecule has 1 aromatic carbocycles. The summed E-state index contributed by atoms with van der Waals surface area (Å²) in [5.41, 5.74) is 3.57. The molecule has 0 amide bonds. The highest BCUT2D eigenvalue weighted by Gasteiger charge is 2.21. The lowest BCUT2D eigenvalue weighted by molar-refractivity contribution is 0.971. The minimum atomic E-state index is 0.436. The molecule has 0 saturated heterocycles. The fourth-order valence-corrected chi connectivity index (χ4v) is 1.72. The van der Waals surface area contributed by atoms with Crippen molar-refractivity contribution < 1.29 is 0 Å². The van der Waals surface area contributed by atoms with Gasteiger partial charge in [0.2, 0.25) is 0 Å². The van der Waals surface area contributed by atoms with Gasteiger partial charge in [-0.1, -0.05) is 11.6 Å². The van der Waals surface area contributed by atoms with Crippen molar-refractivity contribution in [3.63, 3.8) is 0 Å². The van der Waals surface area contributed by atoms with E-state index in [1.807, 2.05) is 18.2 Å². The number of rotatable bonds is 2. The molecule has 1 fully saturated rings. The second kappa shape index (κ2) is 4.51. The van der Waals surface area contributed by atoms with Crippen molar-refractivity contribution in [2.45, 2.75) is 18.9 Å². The molecule has 1 aromatic rings. The van der Waals surface area contributed by atoms with E-state index in [0.717, 1.165) is 28.7 Å². The summed E-state index contributed by atoms with van der Waals surface area (Å²) in [7, 11) is 0. The largest absolute Gasteiger partial charge is 0.308 e. The van der Waals surface area contributed by atoms with Gasteiger partial charge in [0.05, 0.1) is 11.1 Å². The van der Waals surface area contributed by atoms with Gasteiger partial charge in [0.15, 0.2) is 0 Å². The summed E-state index contributed by atoms with van der Waals surface area (Å²) in [5.74, 6) is 6.16. The molecular weight excluding hydrogens is 277 g/mol. The van der Waals surface area contributed by atoms with Crippen LogP contribution in [0.5, 0.6) is 0 Å². The molecule has 3 nitrogen and oxygen atoms in total. The maximum absolute atomic E-state index is 5.91. The number of nitrogens with two attached hydrogens (primary N) is 1. The van der Waals surface area contributed by atoms with Crippen LogP contribution < -0.4 is 11.3 Å². The number of aliphatic imine (C=N–C) groups is 1. The van der Waals surface area contributed by atoms with E-state index in [9.17, 15) is 0 Å². The van der Waals surface area contributed by atoms with E-state index in [2.05, 4.69) is 26.3 Å². The van der Waals surface area contributed by atoms with E-state index in [1.54, 1.807) is 0 Å². The van der Waals surface area contributed by atoms with E-state index in [0.29, 0.717) is 11.1 Å². The van der Waals surface area contributed by atoms with Crippen LogP contribution in [0.3, 0.4) is 0 Å². The predicted molar refractivity (Wildman–Crippen MR) is 66.0 cm³/mol. The molecule has 1 aliphatic carbocycles. The zero-order valence-electron chi connectivity index (χ0n) is 8.00. The van der Waals surface area contributed by atoms with Gasteiger partial charge in [0, 0.05) is 10.0 Å². The number of nitrogens with zero attached hydrogens (tertiary/aromatic N) is 1. The van der Waals surface area contributed by atoms with Crippen molar-refractivity contribution in [2.75, 3.05) is 0 Å². The second-order valence-electron chi connectivity index (χ2n) is 3.48. The van der Waals surface area contributed by atoms with Crippen LogP contribution >= 0.6 is 27.5 Å². The van der Waals surface area contributed by atoms with Crippen LogP contribution in [0.2, 0.25) is 5.02 Å². The van der Waals surface area contributed by atoms with E-state index in [-0.39, 0.29) is 0 Å². The van der Waals surface area contributed by atoms with Crippen LogP contribution in [-0.2, 0) is 0 Å². The summed E-state index contributed by atoms with van der Waals surface area (Å²) < 4.78 is 0.848. The standard InChI is InChI=1S/C10H11BrClN3/c11-8-5-6(1-4-9(8)12)10(15-13)14-7-2-3-7/h1,4-5,7H,2-3,13H2,(H,14,15). The molecule has 0 atom stereocenters. The molecule has 0 unspecified atom stereocenters. The highest BCUT2D eigenvalue weighted by Crippen LogP contribution is 2.26. The summed E-state index contributed by atoms with van der Waals surface area (Å²) in [4.78, 5) is 4.46. The highest BCUT2D eigenvalue weighted by molar-refractivity contribution is 9.10. The molecule has 2 rings (SSSR count). The Balaban J connectivity index is 2.29. The molecule has 5 heteroatoms. The number of amidine groups is 1. The summed E-state index contributed by atoms with van der Waals surface area (Å²) in [5, 5.41) is 0.682. The van der Waals surface area contributed by atoms with Crippen LogP contribution in [0.25, 0.3) is 0 Å². The van der Waals surface area contributed by atoms with Crippen LogP contribution in [0.4, 0.5) is 0 Å². The molecule has 0 spiro atoms. The monoisotopic (exact) mass is 287 g/mol. The van der Waals surface area contributed by atoms with Crippen LogP contribution in [0.1, 0.15) is 18.4 Å². The molecule has 0 aliphatic heterocycles. The van der Waals surface area contributed by atoms with Crippen LogP contribution in [0.15, 0.2) is 27.7 Å². The van der Waals surface area contributed by atoms with Crippen molar-refractivity contribution >= 4 is 33.4 Å². The first kappa shape index (κ1) is 10.9. The smallest absolute Gasteiger partial charge is 0.142 e. The third kappa shape index (κ3) is 2.71. The first-order chi connectivity index (χ1) is 7.20. The third-order valence-corrected chi connectivity index (χ3v) is 3.40. The minimum absolute atomic E-state index is 0.436. The highest BCUT2D eigenvalue weighted by atomic mass is 79.9. The molecule has 3 N–H and O–H groups in total. The lowest BCUT2D eigenvalue weighted by atomic mass is 10.2. The Labute approximate surface area is 102 Å². The van der Waals surface area contributed by atoms with E-state index < -0.39 is 0 Å². The average molecular weight is 289 g/mol. The molecule has 0 aromatic heterocycles. The summed E-state index contributed by atoms with van der Waals surface area (Å²) in [6.07, 6.45) is 2.31. The lowest BCUT2D eigenvalue weighted by Gasteiger charge is -2.06. The second-order valence-corrected chi connectivity index (χ2v) is 4.74. The number of nitrogens with one attached hydrogen (secondary N) is 1. The van der Waals surface area contributed by atoms with Crippen molar-refractivity contribution in [1.82, 2.24) is 5.43 Å². The molecule has 0 bridgehead atoms. The zero-order valence-corrected chi connectivity index (χ0v) is 10.3. The Bertz CT molecular complexity index is 402. The number of hydrazine groups is 1. The van der Waals surface area contributed by atoms with Crippen molar-refractivity contribution in [3.05, 3.63) is 33.3 Å². The van der Waals surface area contributed by atoms with Gasteiger partial charge < -0.3 is 5.43 Å². The normalized spacial score (nSPS) is 16.6. The SMILES string of the molecule is NNC(=NC1CC1)c1ccc(Cl)c(Br)c1. The van der Waals surface area contributed by atoms with E-state index in [4.69, 9.17) is 17.4 Å². The Morgan fingerprint density at radius 2 is 2.27 bits per heavy atom. The third-order valence-electron chi connectivity index (χ3n) is 2.19. The molecular formula is C10H11BrClN3. The average Bonchev–Trinajstić information content (AvgIpc) is 3.02. The van der Waals surface area contributed by atoms with Gasteiger partial charge in [-0.15, -0.1) is 0 Å². The fourth-order valence-electron chi connectivity index (χ4n) is 1.22. The molecule has 15 heavy (non-hydrogen) atoms. The molecule has 0 heterocycles. The topological polar surface area (TPSA) is 50.4 Å². The van der Waals surface area contributed by atoms with Crippen LogP contribution in [0, 0.1) is 0 Å². The molecule has 80 valence electrons. The van der Waals surface area contributed by atoms with Crippen molar-refractivity contribution in [3.8, 4) is 0 Å². The Hall–Kier alpha value is -0.580. The van der Waals surface area contributed by atoms with Gasteiger partial charge in [-0.25, -0.2) is 5.84 Å². The number of halogens is 2. The summed E-state index contributed by atoms with van der Waals surface area (Å²) in [6.45, 7) is 0.